The van der Waals surface area contributed by atoms with Crippen LogP contribution in [0.15, 0.2) is 86.7 Å². The summed E-state index contributed by atoms with van der Waals surface area (Å²) in [6, 6.07) is 18.1. The molecule has 4 aromatic rings. The van der Waals surface area contributed by atoms with Crippen LogP contribution in [-0.2, 0) is 21.4 Å². The van der Waals surface area contributed by atoms with Crippen LogP contribution in [0.2, 0.25) is 0 Å². The summed E-state index contributed by atoms with van der Waals surface area (Å²) >= 11 is 1.09. The number of ether oxygens (including phenoxy) is 2. The third-order valence-electron chi connectivity index (χ3n) is 5.87. The maximum atomic E-state index is 13.4. The second-order valence-electron chi connectivity index (χ2n) is 8.61. The van der Waals surface area contributed by atoms with Gasteiger partial charge < -0.3 is 9.47 Å². The molecule has 0 saturated heterocycles. The van der Waals surface area contributed by atoms with Crippen LogP contribution in [0.1, 0.15) is 18.1 Å². The Morgan fingerprint density at radius 3 is 2.33 bits per heavy atom. The van der Waals surface area contributed by atoms with Crippen LogP contribution < -0.4 is 25.6 Å². The summed E-state index contributed by atoms with van der Waals surface area (Å²) in [6.07, 6.45) is 0. The predicted octanol–water partition coefficient (Wildman–Crippen LogP) is 2.74. The van der Waals surface area contributed by atoms with Crippen molar-refractivity contribution in [1.29, 1.82) is 0 Å². The predicted molar refractivity (Wildman–Crippen MR) is 154 cm³/mol. The Kier molecular flexibility index (Phi) is 8.87. The van der Waals surface area contributed by atoms with Crippen molar-refractivity contribution in [1.82, 2.24) is 15.0 Å². The zero-order valence-corrected chi connectivity index (χ0v) is 23.6. The van der Waals surface area contributed by atoms with Gasteiger partial charge in [-0.15, -0.1) is 0 Å². The Morgan fingerprint density at radius 1 is 1.05 bits per heavy atom. The second-order valence-corrected chi connectivity index (χ2v) is 11.1. The number of methoxy groups -OCH3 is 2. The summed E-state index contributed by atoms with van der Waals surface area (Å²) in [5.74, 6) is 0.717. The number of thioether (sulfide) groups is 1. The van der Waals surface area contributed by atoms with Crippen LogP contribution in [0.3, 0.4) is 0 Å². The van der Waals surface area contributed by atoms with E-state index in [2.05, 4.69) is 15.5 Å². The van der Waals surface area contributed by atoms with E-state index in [4.69, 9.17) is 14.6 Å². The molecule has 0 atom stereocenters. The van der Waals surface area contributed by atoms with Crippen molar-refractivity contribution in [3.05, 3.63) is 88.2 Å². The summed E-state index contributed by atoms with van der Waals surface area (Å²) < 4.78 is 35.2. The molecule has 1 amide bonds. The molecule has 40 heavy (non-hydrogen) atoms. The van der Waals surface area contributed by atoms with Crippen molar-refractivity contribution < 1.29 is 22.7 Å². The van der Waals surface area contributed by atoms with Crippen molar-refractivity contribution >= 4 is 44.3 Å². The van der Waals surface area contributed by atoms with Crippen LogP contribution in [0, 0.1) is 0 Å². The van der Waals surface area contributed by atoms with E-state index in [-0.39, 0.29) is 22.8 Å². The maximum absolute atomic E-state index is 13.4. The minimum atomic E-state index is -3.84. The Morgan fingerprint density at radius 2 is 1.70 bits per heavy atom. The lowest BCUT2D eigenvalue weighted by molar-refractivity contribution is -0.118. The average molecular weight is 582 g/mol. The molecule has 13 heteroatoms. The Bertz CT molecular complexity index is 1730. The minimum absolute atomic E-state index is 0.0326. The number of nitrogens with one attached hydrogen (secondary N) is 1. The van der Waals surface area contributed by atoms with E-state index in [9.17, 15) is 18.0 Å². The number of hydrazone groups is 1. The van der Waals surface area contributed by atoms with Crippen LogP contribution in [0.5, 0.6) is 11.5 Å². The molecule has 1 aromatic heterocycles. The SMILES string of the molecule is COc1cc(OC)cc(/C(C)=N/NC(=O)CSc2nc3ccccc3c(=O)n2Cc2ccc(S(N)(=O)=O)cc2)c1. The molecule has 3 aromatic carbocycles. The first-order chi connectivity index (χ1) is 19.1. The number of fused-ring (bicyclic) bond motifs is 1. The summed E-state index contributed by atoms with van der Waals surface area (Å²) in [6.45, 7) is 1.85. The second kappa shape index (κ2) is 12.3. The Hall–Kier alpha value is -4.20. The highest BCUT2D eigenvalue weighted by atomic mass is 32.2. The molecule has 0 unspecified atom stereocenters. The first-order valence-electron chi connectivity index (χ1n) is 11.9. The zero-order chi connectivity index (χ0) is 28.9. The Labute approximate surface area is 235 Å². The number of carbonyl (C=O) groups is 1. The molecule has 208 valence electrons. The molecule has 11 nitrogen and oxygen atoms in total. The van der Waals surface area contributed by atoms with Gasteiger partial charge in [0.2, 0.25) is 10.0 Å². The fourth-order valence-corrected chi connectivity index (χ4v) is 5.06. The quantitative estimate of drug-likeness (QED) is 0.125. The van der Waals surface area contributed by atoms with Gasteiger partial charge in [0.15, 0.2) is 5.16 Å². The van der Waals surface area contributed by atoms with Crippen molar-refractivity contribution in [3.63, 3.8) is 0 Å². The van der Waals surface area contributed by atoms with Gasteiger partial charge in [0.05, 0.1) is 48.0 Å². The molecule has 3 N–H and O–H groups in total. The van der Waals surface area contributed by atoms with Crippen molar-refractivity contribution in [2.45, 2.75) is 23.5 Å². The number of rotatable bonds is 10. The van der Waals surface area contributed by atoms with Gasteiger partial charge in [0.25, 0.3) is 11.5 Å². The van der Waals surface area contributed by atoms with E-state index in [0.717, 1.165) is 11.8 Å². The number of nitrogens with zero attached hydrogens (tertiary/aromatic N) is 3. The van der Waals surface area contributed by atoms with Crippen LogP contribution in [0.25, 0.3) is 10.9 Å². The third kappa shape index (κ3) is 6.86. The molecule has 0 aliphatic heterocycles. The molecule has 1 heterocycles. The lowest BCUT2D eigenvalue weighted by Gasteiger charge is -2.13. The highest BCUT2D eigenvalue weighted by Crippen LogP contribution is 2.23. The third-order valence-corrected chi connectivity index (χ3v) is 7.77. The molecule has 0 saturated carbocycles. The van der Waals surface area contributed by atoms with Gasteiger partial charge in [-0.25, -0.2) is 24.0 Å². The summed E-state index contributed by atoms with van der Waals surface area (Å²) in [5, 5.41) is 10.1. The van der Waals surface area contributed by atoms with E-state index in [1.807, 2.05) is 0 Å². The number of para-hydroxylation sites is 1. The summed E-state index contributed by atoms with van der Waals surface area (Å²) in [5.41, 5.74) is 4.65. The average Bonchev–Trinajstić information content (AvgIpc) is 2.95. The number of hydrogen-bond donors (Lipinski definition) is 2. The lowest BCUT2D eigenvalue weighted by Crippen LogP contribution is -2.26. The van der Waals surface area contributed by atoms with Crippen LogP contribution >= 0.6 is 11.8 Å². The Balaban J connectivity index is 1.55. The lowest BCUT2D eigenvalue weighted by atomic mass is 10.1. The number of nitrogens with two attached hydrogens (primary N) is 1. The summed E-state index contributed by atoms with van der Waals surface area (Å²) in [4.78, 5) is 30.6. The van der Waals surface area contributed by atoms with Gasteiger partial charge in [-0.1, -0.05) is 36.0 Å². The fraction of sp³-hybridized carbons (Fsp3) is 0.185. The van der Waals surface area contributed by atoms with Crippen molar-refractivity contribution in [3.8, 4) is 11.5 Å². The van der Waals surface area contributed by atoms with Gasteiger partial charge in [0.1, 0.15) is 11.5 Å². The molecular formula is C27H27N5O6S2. The van der Waals surface area contributed by atoms with E-state index in [1.165, 1.54) is 16.7 Å². The number of primary sulfonamides is 1. The highest BCUT2D eigenvalue weighted by Gasteiger charge is 2.15. The smallest absolute Gasteiger partial charge is 0.262 e. The van der Waals surface area contributed by atoms with Gasteiger partial charge in [-0.3, -0.25) is 14.2 Å². The number of amides is 1. The molecule has 0 bridgehead atoms. The highest BCUT2D eigenvalue weighted by molar-refractivity contribution is 7.99. The molecule has 4 rings (SSSR count). The minimum Gasteiger partial charge on any atom is -0.497 e. The fourth-order valence-electron chi connectivity index (χ4n) is 3.75. The number of benzene rings is 3. The van der Waals surface area contributed by atoms with E-state index < -0.39 is 15.9 Å². The van der Waals surface area contributed by atoms with Gasteiger partial charge in [-0.05, 0) is 48.9 Å². The van der Waals surface area contributed by atoms with Crippen LogP contribution in [0.4, 0.5) is 0 Å². The van der Waals surface area contributed by atoms with Crippen LogP contribution in [-0.4, -0.2) is 49.6 Å². The van der Waals surface area contributed by atoms with E-state index in [1.54, 1.807) is 75.7 Å². The zero-order valence-electron chi connectivity index (χ0n) is 22.0. The molecule has 0 fully saturated rings. The van der Waals surface area contributed by atoms with Gasteiger partial charge in [0, 0.05) is 11.6 Å². The topological polar surface area (TPSA) is 155 Å². The number of aromatic nitrogens is 2. The van der Waals surface area contributed by atoms with E-state index in [0.29, 0.717) is 44.4 Å². The maximum Gasteiger partial charge on any atom is 0.262 e. The molecule has 0 aliphatic carbocycles. The van der Waals surface area contributed by atoms with E-state index >= 15 is 0 Å². The van der Waals surface area contributed by atoms with Crippen molar-refractivity contribution in [2.24, 2.45) is 10.2 Å². The van der Waals surface area contributed by atoms with Gasteiger partial charge >= 0.3 is 0 Å². The normalized spacial score (nSPS) is 11.8. The standard InChI is InChI=1S/C27H27N5O6S2/c1-17(19-12-20(37-2)14-21(13-19)38-3)30-31-25(33)16-39-27-29-24-7-5-4-6-23(24)26(34)32(27)15-18-8-10-22(11-9-18)40(28,35)36/h4-14H,15-16H2,1-3H3,(H,31,33)(H2,28,35,36)/b30-17+. The molecule has 0 aliphatic rings. The largest absolute Gasteiger partial charge is 0.497 e. The van der Waals surface area contributed by atoms with Crippen molar-refractivity contribution in [2.75, 3.05) is 20.0 Å². The number of sulfonamides is 1. The number of carbonyl (C=O) groups excluding carboxylic acids is 1. The monoisotopic (exact) mass is 581 g/mol. The summed E-state index contributed by atoms with van der Waals surface area (Å²) in [7, 11) is -0.754. The molecule has 0 radical (unpaired) electrons. The van der Waals surface area contributed by atoms with Gasteiger partial charge in [-0.2, -0.15) is 5.10 Å². The first kappa shape index (κ1) is 28.8. The molecule has 0 spiro atoms. The number of hydrogen-bond acceptors (Lipinski definition) is 9. The first-order valence-corrected chi connectivity index (χ1v) is 14.4. The molecular weight excluding hydrogens is 554 g/mol.